The monoisotopic (exact) mass is 266 g/mol. The third-order valence-corrected chi connectivity index (χ3v) is 4.74. The number of allylic oxidation sites excluding steroid dienone is 1. The Balaban J connectivity index is 1.37. The fourth-order valence-corrected chi connectivity index (χ4v) is 3.33. The predicted molar refractivity (Wildman–Crippen MR) is 74.0 cm³/mol. The van der Waals surface area contributed by atoms with Crippen molar-refractivity contribution in [3.63, 3.8) is 0 Å². The molecule has 108 valence electrons. The van der Waals surface area contributed by atoms with Crippen LogP contribution in [-0.4, -0.2) is 36.6 Å². The smallest absolute Gasteiger partial charge is 0.104 e. The van der Waals surface area contributed by atoms with Gasteiger partial charge in [-0.05, 0) is 57.3 Å². The van der Waals surface area contributed by atoms with E-state index >= 15 is 0 Å². The first kappa shape index (κ1) is 13.6. The van der Waals surface area contributed by atoms with Gasteiger partial charge in [-0.15, -0.1) is 0 Å². The van der Waals surface area contributed by atoms with E-state index in [1.54, 1.807) is 5.57 Å². The van der Waals surface area contributed by atoms with Gasteiger partial charge >= 0.3 is 0 Å². The van der Waals surface area contributed by atoms with E-state index in [9.17, 15) is 5.11 Å². The van der Waals surface area contributed by atoms with E-state index in [1.165, 1.54) is 32.1 Å². The fourth-order valence-electron chi connectivity index (χ4n) is 3.33. The zero-order valence-corrected chi connectivity index (χ0v) is 11.7. The van der Waals surface area contributed by atoms with Crippen LogP contribution in [0, 0.1) is 5.92 Å². The molecule has 1 saturated carbocycles. The number of hydrogen-bond donors (Lipinski definition) is 1. The number of aliphatic hydroxyl groups excluding tert-OH is 1. The van der Waals surface area contributed by atoms with Crippen molar-refractivity contribution in [3.05, 3.63) is 11.6 Å². The second-order valence-corrected chi connectivity index (χ2v) is 6.43. The van der Waals surface area contributed by atoms with Crippen molar-refractivity contribution < 1.29 is 14.6 Å². The molecule has 2 aliphatic carbocycles. The molecule has 1 aliphatic heterocycles. The molecular formula is C16H26O3. The van der Waals surface area contributed by atoms with Crippen molar-refractivity contribution in [1.82, 2.24) is 0 Å². The van der Waals surface area contributed by atoms with Crippen LogP contribution in [0.2, 0.25) is 0 Å². The standard InChI is InChI=1S/C16H26O3/c17-14-5-1-12(2-6-14)9-13-3-7-15(8-4-13)18-10-16-11-19-16/h3,12,14-17H,1-2,4-11H2. The number of aliphatic hydroxyl groups is 1. The number of epoxide rings is 1. The molecule has 0 aromatic heterocycles. The maximum atomic E-state index is 9.54. The van der Waals surface area contributed by atoms with Gasteiger partial charge in [0.25, 0.3) is 0 Å². The van der Waals surface area contributed by atoms with E-state index in [1.807, 2.05) is 0 Å². The Hall–Kier alpha value is -0.380. The largest absolute Gasteiger partial charge is 0.393 e. The minimum Gasteiger partial charge on any atom is -0.393 e. The van der Waals surface area contributed by atoms with E-state index in [0.717, 1.165) is 38.4 Å². The van der Waals surface area contributed by atoms with Crippen molar-refractivity contribution in [1.29, 1.82) is 0 Å². The molecule has 3 heteroatoms. The van der Waals surface area contributed by atoms with Crippen molar-refractivity contribution in [3.8, 4) is 0 Å². The topological polar surface area (TPSA) is 42.0 Å². The summed E-state index contributed by atoms with van der Waals surface area (Å²) < 4.78 is 11.0. The normalized spacial score (nSPS) is 38.9. The molecule has 0 bridgehead atoms. The summed E-state index contributed by atoms with van der Waals surface area (Å²) in [7, 11) is 0. The third-order valence-electron chi connectivity index (χ3n) is 4.74. The van der Waals surface area contributed by atoms with Crippen molar-refractivity contribution in [2.24, 2.45) is 5.92 Å². The Bertz CT molecular complexity index is 314. The molecule has 2 unspecified atom stereocenters. The van der Waals surface area contributed by atoms with Gasteiger partial charge < -0.3 is 14.6 Å². The van der Waals surface area contributed by atoms with Gasteiger partial charge in [0.05, 0.1) is 25.4 Å². The summed E-state index contributed by atoms with van der Waals surface area (Å²) in [5.74, 6) is 0.812. The van der Waals surface area contributed by atoms with Gasteiger partial charge in [0, 0.05) is 0 Å². The summed E-state index contributed by atoms with van der Waals surface area (Å²) in [6.45, 7) is 1.68. The molecule has 0 amide bonds. The Morgan fingerprint density at radius 1 is 1.21 bits per heavy atom. The lowest BCUT2D eigenvalue weighted by Gasteiger charge is -2.28. The van der Waals surface area contributed by atoms with Gasteiger partial charge in [0.15, 0.2) is 0 Å². The Labute approximate surface area is 116 Å². The minimum atomic E-state index is -0.0287. The van der Waals surface area contributed by atoms with E-state index in [-0.39, 0.29) is 6.10 Å². The Morgan fingerprint density at radius 3 is 2.63 bits per heavy atom. The molecule has 0 aromatic carbocycles. The van der Waals surface area contributed by atoms with E-state index < -0.39 is 0 Å². The molecule has 2 fully saturated rings. The highest BCUT2D eigenvalue weighted by Gasteiger charge is 2.26. The van der Waals surface area contributed by atoms with Crippen LogP contribution >= 0.6 is 0 Å². The first-order chi connectivity index (χ1) is 9.29. The lowest BCUT2D eigenvalue weighted by atomic mass is 9.81. The minimum absolute atomic E-state index is 0.0287. The average Bonchev–Trinajstić information content (AvgIpc) is 3.25. The molecule has 1 N–H and O–H groups in total. The van der Waals surface area contributed by atoms with Gasteiger partial charge in [-0.2, -0.15) is 0 Å². The molecule has 3 nitrogen and oxygen atoms in total. The van der Waals surface area contributed by atoms with Gasteiger partial charge in [0.1, 0.15) is 6.10 Å². The summed E-state index contributed by atoms with van der Waals surface area (Å²) >= 11 is 0. The predicted octanol–water partition coefficient (Wildman–Crippen LogP) is 2.82. The highest BCUT2D eigenvalue weighted by atomic mass is 16.6. The van der Waals surface area contributed by atoms with Crippen LogP contribution in [0.4, 0.5) is 0 Å². The third kappa shape index (κ3) is 4.30. The molecule has 0 radical (unpaired) electrons. The zero-order valence-electron chi connectivity index (χ0n) is 11.7. The molecule has 0 spiro atoms. The number of rotatable bonds is 5. The molecular weight excluding hydrogens is 240 g/mol. The molecule has 3 rings (SSSR count). The van der Waals surface area contributed by atoms with Gasteiger partial charge in [0.2, 0.25) is 0 Å². The number of ether oxygens (including phenoxy) is 2. The van der Waals surface area contributed by atoms with Crippen LogP contribution in [0.1, 0.15) is 51.4 Å². The fraction of sp³-hybridized carbons (Fsp3) is 0.875. The second kappa shape index (κ2) is 6.38. The molecule has 1 heterocycles. The van der Waals surface area contributed by atoms with E-state index in [2.05, 4.69) is 6.08 Å². The molecule has 1 saturated heterocycles. The summed E-state index contributed by atoms with van der Waals surface area (Å²) in [6, 6.07) is 0. The van der Waals surface area contributed by atoms with Crippen LogP contribution in [0.3, 0.4) is 0 Å². The van der Waals surface area contributed by atoms with Crippen LogP contribution in [0.5, 0.6) is 0 Å². The van der Waals surface area contributed by atoms with E-state index in [0.29, 0.717) is 12.2 Å². The van der Waals surface area contributed by atoms with Gasteiger partial charge in [-0.1, -0.05) is 11.6 Å². The van der Waals surface area contributed by atoms with Crippen molar-refractivity contribution in [2.45, 2.75) is 69.7 Å². The molecule has 19 heavy (non-hydrogen) atoms. The van der Waals surface area contributed by atoms with Crippen LogP contribution < -0.4 is 0 Å². The van der Waals surface area contributed by atoms with Crippen LogP contribution in [0.25, 0.3) is 0 Å². The maximum Gasteiger partial charge on any atom is 0.104 e. The van der Waals surface area contributed by atoms with Gasteiger partial charge in [-0.25, -0.2) is 0 Å². The SMILES string of the molecule is OC1CCC(CC2=CCC(OCC3CO3)CC2)CC1. The highest BCUT2D eigenvalue weighted by Crippen LogP contribution is 2.33. The van der Waals surface area contributed by atoms with Crippen molar-refractivity contribution in [2.75, 3.05) is 13.2 Å². The van der Waals surface area contributed by atoms with Crippen molar-refractivity contribution >= 4 is 0 Å². The Kier molecular flexibility index (Phi) is 4.57. The Morgan fingerprint density at radius 2 is 2.00 bits per heavy atom. The van der Waals surface area contributed by atoms with Crippen LogP contribution in [0.15, 0.2) is 11.6 Å². The lowest BCUT2D eigenvalue weighted by Crippen LogP contribution is -2.21. The number of hydrogen-bond acceptors (Lipinski definition) is 3. The highest BCUT2D eigenvalue weighted by molar-refractivity contribution is 5.08. The zero-order chi connectivity index (χ0) is 13.1. The van der Waals surface area contributed by atoms with Crippen LogP contribution in [-0.2, 0) is 9.47 Å². The first-order valence-electron chi connectivity index (χ1n) is 7.89. The summed E-state index contributed by atoms with van der Waals surface area (Å²) in [5, 5.41) is 9.54. The average molecular weight is 266 g/mol. The lowest BCUT2D eigenvalue weighted by molar-refractivity contribution is 0.0360. The second-order valence-electron chi connectivity index (χ2n) is 6.43. The molecule has 3 aliphatic rings. The molecule has 0 aromatic rings. The maximum absolute atomic E-state index is 9.54. The first-order valence-corrected chi connectivity index (χ1v) is 7.89. The summed E-state index contributed by atoms with van der Waals surface area (Å²) in [5.41, 5.74) is 1.63. The van der Waals surface area contributed by atoms with E-state index in [4.69, 9.17) is 9.47 Å². The summed E-state index contributed by atoms with van der Waals surface area (Å²) in [6.07, 6.45) is 12.3. The molecule has 2 atom stereocenters. The quantitative estimate of drug-likeness (QED) is 0.614. The van der Waals surface area contributed by atoms with Gasteiger partial charge in [-0.3, -0.25) is 0 Å². The summed E-state index contributed by atoms with van der Waals surface area (Å²) in [4.78, 5) is 0.